The molecule has 0 aliphatic heterocycles. The van der Waals surface area contributed by atoms with Gasteiger partial charge in [-0.25, -0.2) is 4.98 Å². The Labute approximate surface area is 94.5 Å². The molecule has 0 aliphatic carbocycles. The molecule has 0 unspecified atom stereocenters. The van der Waals surface area contributed by atoms with E-state index in [0.29, 0.717) is 5.56 Å². The topological polar surface area (TPSA) is 37.6 Å². The number of pyridine rings is 1. The van der Waals surface area contributed by atoms with E-state index in [1.165, 1.54) is 0 Å². The Morgan fingerprint density at radius 1 is 1.50 bits per heavy atom. The van der Waals surface area contributed by atoms with Crippen LogP contribution in [0.5, 0.6) is 0 Å². The first-order valence-electron chi connectivity index (χ1n) is 5.26. The highest BCUT2D eigenvalue weighted by Crippen LogP contribution is 2.09. The lowest BCUT2D eigenvalue weighted by Crippen LogP contribution is -2.16. The molecule has 2 rings (SSSR count). The second-order valence-corrected chi connectivity index (χ2v) is 4.10. The molecule has 0 radical (unpaired) electrons. The maximum atomic E-state index is 10.6. The van der Waals surface area contributed by atoms with Gasteiger partial charge in [0, 0.05) is 24.7 Å². The third-order valence-corrected chi connectivity index (χ3v) is 2.55. The molecule has 0 bridgehead atoms. The van der Waals surface area contributed by atoms with Gasteiger partial charge in [0.2, 0.25) is 0 Å². The van der Waals surface area contributed by atoms with Crippen molar-refractivity contribution in [1.29, 1.82) is 0 Å². The van der Waals surface area contributed by atoms with E-state index < -0.39 is 0 Å². The molecule has 0 amide bonds. The number of carbonyl (C=O) groups excluding carboxylic acids is 1. The Morgan fingerprint density at radius 3 is 3.00 bits per heavy atom. The zero-order valence-corrected chi connectivity index (χ0v) is 9.55. The van der Waals surface area contributed by atoms with E-state index in [2.05, 4.69) is 9.88 Å². The molecule has 4 heteroatoms. The van der Waals surface area contributed by atoms with E-state index in [9.17, 15) is 4.79 Å². The number of likely N-dealkylation sites (N-methyl/N-ethyl adjacent to an activating group) is 1. The minimum Gasteiger partial charge on any atom is -0.309 e. The number of hydrogen-bond acceptors (Lipinski definition) is 3. The summed E-state index contributed by atoms with van der Waals surface area (Å²) in [5.41, 5.74) is 1.66. The SMILES string of the molecule is CN(C)CCc1ncc2cc(C=O)ccn12. The molecule has 0 fully saturated rings. The molecule has 84 valence electrons. The average Bonchev–Trinajstić information content (AvgIpc) is 2.68. The third-order valence-electron chi connectivity index (χ3n) is 2.55. The Morgan fingerprint density at radius 2 is 2.31 bits per heavy atom. The van der Waals surface area contributed by atoms with Crippen LogP contribution in [0.25, 0.3) is 5.52 Å². The van der Waals surface area contributed by atoms with Gasteiger partial charge in [0.1, 0.15) is 12.1 Å². The van der Waals surface area contributed by atoms with E-state index in [-0.39, 0.29) is 0 Å². The predicted molar refractivity (Wildman–Crippen MR) is 62.8 cm³/mol. The van der Waals surface area contributed by atoms with Crippen LogP contribution in [-0.2, 0) is 6.42 Å². The summed E-state index contributed by atoms with van der Waals surface area (Å²) >= 11 is 0. The predicted octanol–water partition coefficient (Wildman–Crippen LogP) is 1.25. The van der Waals surface area contributed by atoms with E-state index in [1.807, 2.05) is 30.8 Å². The van der Waals surface area contributed by atoms with Gasteiger partial charge in [-0.1, -0.05) is 0 Å². The van der Waals surface area contributed by atoms with Gasteiger partial charge in [-0.05, 0) is 26.2 Å². The van der Waals surface area contributed by atoms with Crippen LogP contribution in [0.2, 0.25) is 0 Å². The number of fused-ring (bicyclic) bond motifs is 1. The fraction of sp³-hybridized carbons (Fsp3) is 0.333. The monoisotopic (exact) mass is 217 g/mol. The van der Waals surface area contributed by atoms with Crippen molar-refractivity contribution in [3.05, 3.63) is 35.9 Å². The van der Waals surface area contributed by atoms with Crippen molar-refractivity contribution in [2.24, 2.45) is 0 Å². The van der Waals surface area contributed by atoms with Crippen LogP contribution in [0.1, 0.15) is 16.2 Å². The number of carbonyl (C=O) groups is 1. The lowest BCUT2D eigenvalue weighted by atomic mass is 10.3. The summed E-state index contributed by atoms with van der Waals surface area (Å²) in [5, 5.41) is 0. The van der Waals surface area contributed by atoms with Crippen molar-refractivity contribution in [2.75, 3.05) is 20.6 Å². The number of hydrogen-bond donors (Lipinski definition) is 0. The van der Waals surface area contributed by atoms with Crippen LogP contribution >= 0.6 is 0 Å². The summed E-state index contributed by atoms with van der Waals surface area (Å²) in [6.45, 7) is 0.967. The van der Waals surface area contributed by atoms with Gasteiger partial charge in [0.15, 0.2) is 0 Å². The molecule has 2 aromatic heterocycles. The Hall–Kier alpha value is -1.68. The van der Waals surface area contributed by atoms with Gasteiger partial charge < -0.3 is 9.30 Å². The van der Waals surface area contributed by atoms with Crippen molar-refractivity contribution >= 4 is 11.8 Å². The van der Waals surface area contributed by atoms with Crippen LogP contribution in [0, 0.1) is 0 Å². The van der Waals surface area contributed by atoms with Crippen molar-refractivity contribution in [3.8, 4) is 0 Å². The zero-order chi connectivity index (χ0) is 11.5. The van der Waals surface area contributed by atoms with Crippen molar-refractivity contribution in [2.45, 2.75) is 6.42 Å². The summed E-state index contributed by atoms with van der Waals surface area (Å²) in [6, 6.07) is 3.65. The van der Waals surface area contributed by atoms with Crippen LogP contribution < -0.4 is 0 Å². The Bertz CT molecular complexity index is 502. The maximum Gasteiger partial charge on any atom is 0.150 e. The number of aldehydes is 1. The first kappa shape index (κ1) is 10.8. The van der Waals surface area contributed by atoms with Gasteiger partial charge in [-0.15, -0.1) is 0 Å². The minimum absolute atomic E-state index is 0.687. The molecular formula is C12H15N3O. The van der Waals surface area contributed by atoms with Gasteiger partial charge in [-0.2, -0.15) is 0 Å². The highest BCUT2D eigenvalue weighted by Gasteiger charge is 2.04. The van der Waals surface area contributed by atoms with Crippen molar-refractivity contribution in [3.63, 3.8) is 0 Å². The molecule has 0 aromatic carbocycles. The van der Waals surface area contributed by atoms with Crippen LogP contribution in [0.3, 0.4) is 0 Å². The lowest BCUT2D eigenvalue weighted by Gasteiger charge is -2.08. The fourth-order valence-corrected chi connectivity index (χ4v) is 1.65. The average molecular weight is 217 g/mol. The van der Waals surface area contributed by atoms with Crippen LogP contribution in [-0.4, -0.2) is 41.2 Å². The van der Waals surface area contributed by atoms with E-state index >= 15 is 0 Å². The summed E-state index contributed by atoms with van der Waals surface area (Å²) in [6.07, 6.45) is 5.46. The standard InChI is InChI=1S/C12H15N3O/c1-14(2)5-4-12-13-8-11-7-10(9-16)3-6-15(11)12/h3,6-9H,4-5H2,1-2H3. The second kappa shape index (κ2) is 4.45. The molecule has 0 spiro atoms. The number of aromatic nitrogens is 2. The lowest BCUT2D eigenvalue weighted by molar-refractivity contribution is 0.112. The molecule has 0 atom stereocenters. The van der Waals surface area contributed by atoms with Gasteiger partial charge >= 0.3 is 0 Å². The summed E-state index contributed by atoms with van der Waals surface area (Å²) in [7, 11) is 4.08. The minimum atomic E-state index is 0.687. The van der Waals surface area contributed by atoms with Gasteiger partial charge in [-0.3, -0.25) is 4.79 Å². The maximum absolute atomic E-state index is 10.6. The van der Waals surface area contributed by atoms with Crippen LogP contribution in [0.4, 0.5) is 0 Å². The summed E-state index contributed by atoms with van der Waals surface area (Å²) in [4.78, 5) is 17.1. The molecule has 2 aromatic rings. The molecule has 2 heterocycles. The van der Waals surface area contributed by atoms with Crippen molar-refractivity contribution < 1.29 is 4.79 Å². The highest BCUT2D eigenvalue weighted by molar-refractivity contribution is 5.77. The molecular weight excluding hydrogens is 202 g/mol. The van der Waals surface area contributed by atoms with Gasteiger partial charge in [0.05, 0.1) is 11.7 Å². The molecule has 4 nitrogen and oxygen atoms in total. The normalized spacial score (nSPS) is 11.2. The highest BCUT2D eigenvalue weighted by atomic mass is 16.1. The molecule has 0 N–H and O–H groups in total. The smallest absolute Gasteiger partial charge is 0.150 e. The molecule has 16 heavy (non-hydrogen) atoms. The molecule has 0 saturated heterocycles. The third kappa shape index (κ3) is 2.12. The number of rotatable bonds is 4. The fourth-order valence-electron chi connectivity index (χ4n) is 1.65. The first-order chi connectivity index (χ1) is 7.70. The molecule has 0 saturated carbocycles. The summed E-state index contributed by atoms with van der Waals surface area (Å²) < 4.78 is 2.02. The van der Waals surface area contributed by atoms with Gasteiger partial charge in [0.25, 0.3) is 0 Å². The summed E-state index contributed by atoms with van der Waals surface area (Å²) in [5.74, 6) is 1.03. The van der Waals surface area contributed by atoms with E-state index in [0.717, 1.165) is 30.6 Å². The number of nitrogens with zero attached hydrogens (tertiary/aromatic N) is 3. The second-order valence-electron chi connectivity index (χ2n) is 4.10. The Balaban J connectivity index is 2.30. The van der Waals surface area contributed by atoms with Crippen molar-refractivity contribution in [1.82, 2.24) is 14.3 Å². The Kier molecular flexibility index (Phi) is 3.01. The quantitative estimate of drug-likeness (QED) is 0.723. The largest absolute Gasteiger partial charge is 0.309 e. The van der Waals surface area contributed by atoms with E-state index in [4.69, 9.17) is 0 Å². The first-order valence-corrected chi connectivity index (χ1v) is 5.26. The van der Waals surface area contributed by atoms with E-state index in [1.54, 1.807) is 12.3 Å². The zero-order valence-electron chi connectivity index (χ0n) is 9.55. The van der Waals surface area contributed by atoms with Crippen LogP contribution in [0.15, 0.2) is 24.5 Å². The number of imidazole rings is 1. The molecule has 0 aliphatic rings.